The molecule has 0 saturated carbocycles. The molecule has 0 bridgehead atoms. The predicted molar refractivity (Wildman–Crippen MR) is 65.5 cm³/mol. The first-order valence-corrected chi connectivity index (χ1v) is 7.27. The fourth-order valence-corrected chi connectivity index (χ4v) is 3.19. The van der Waals surface area contributed by atoms with Crippen LogP contribution in [0.25, 0.3) is 0 Å². The first-order valence-electron chi connectivity index (χ1n) is 5.23. The average Bonchev–Trinajstić information content (AvgIpc) is 2.54. The van der Waals surface area contributed by atoms with E-state index < -0.39 is 0 Å². The zero-order valence-electron chi connectivity index (χ0n) is 8.44. The van der Waals surface area contributed by atoms with Gasteiger partial charge in [0.15, 0.2) is 0 Å². The monoisotopic (exact) mass is 312 g/mol. The van der Waals surface area contributed by atoms with E-state index >= 15 is 0 Å². The van der Waals surface area contributed by atoms with Gasteiger partial charge in [-0.05, 0) is 28.8 Å². The summed E-state index contributed by atoms with van der Waals surface area (Å²) >= 11 is 7.32. The van der Waals surface area contributed by atoms with Gasteiger partial charge in [-0.3, -0.25) is 0 Å². The Hall–Kier alpha value is 0.920. The maximum Gasteiger partial charge on any atom is 0.144 e. The summed E-state index contributed by atoms with van der Waals surface area (Å²) in [4.78, 5) is 0.689. The van der Waals surface area contributed by atoms with Crippen molar-refractivity contribution >= 4 is 31.9 Å². The van der Waals surface area contributed by atoms with Crippen LogP contribution in [0.15, 0.2) is 0 Å². The van der Waals surface area contributed by atoms with Crippen LogP contribution in [0.3, 0.4) is 0 Å². The molecule has 13 heavy (non-hydrogen) atoms. The molecule has 1 unspecified atom stereocenters. The van der Waals surface area contributed by atoms with Crippen molar-refractivity contribution < 1.29 is 4.48 Å². The third-order valence-electron chi connectivity index (χ3n) is 3.09. The van der Waals surface area contributed by atoms with Crippen LogP contribution >= 0.6 is 31.9 Å². The van der Waals surface area contributed by atoms with Crippen LogP contribution in [0.5, 0.6) is 0 Å². The van der Waals surface area contributed by atoms with Crippen LogP contribution in [0, 0.1) is 0 Å². The van der Waals surface area contributed by atoms with E-state index in [1.54, 1.807) is 0 Å². The van der Waals surface area contributed by atoms with Gasteiger partial charge in [0.2, 0.25) is 0 Å². The number of alkyl halides is 2. The first-order chi connectivity index (χ1) is 6.19. The molecule has 0 aromatic carbocycles. The molecule has 1 aliphatic heterocycles. The standard InChI is InChI=1S/C10H20Br2N/c1-13(8-4-5-9-13)10(12)6-2-3-7-11/h10H,2-9H2,1H3/q+1. The third kappa shape index (κ3) is 3.52. The fraction of sp³-hybridized carbons (Fsp3) is 1.00. The topological polar surface area (TPSA) is 0 Å². The Bertz CT molecular complexity index is 144. The van der Waals surface area contributed by atoms with Gasteiger partial charge in [0.05, 0.1) is 20.1 Å². The molecule has 1 saturated heterocycles. The van der Waals surface area contributed by atoms with Gasteiger partial charge in [-0.25, -0.2) is 0 Å². The lowest BCUT2D eigenvalue weighted by Crippen LogP contribution is -2.46. The van der Waals surface area contributed by atoms with Crippen LogP contribution in [0.1, 0.15) is 32.1 Å². The van der Waals surface area contributed by atoms with Gasteiger partial charge < -0.3 is 4.48 Å². The Balaban J connectivity index is 2.24. The number of likely N-dealkylation sites (tertiary alicyclic amines) is 1. The molecular formula is C10H20Br2N+. The summed E-state index contributed by atoms with van der Waals surface area (Å²) in [6, 6.07) is 0. The van der Waals surface area contributed by atoms with Crippen LogP contribution in [-0.4, -0.2) is 34.9 Å². The van der Waals surface area contributed by atoms with Crippen LogP contribution < -0.4 is 0 Å². The molecule has 0 N–H and O–H groups in total. The van der Waals surface area contributed by atoms with E-state index in [2.05, 4.69) is 38.9 Å². The number of nitrogens with zero attached hydrogens (tertiary/aromatic N) is 1. The van der Waals surface area contributed by atoms with Crippen LogP contribution in [-0.2, 0) is 0 Å². The van der Waals surface area contributed by atoms with Gasteiger partial charge in [-0.15, -0.1) is 0 Å². The van der Waals surface area contributed by atoms with E-state index in [0.717, 1.165) is 5.33 Å². The van der Waals surface area contributed by atoms with Gasteiger partial charge in [-0.1, -0.05) is 15.9 Å². The highest BCUT2D eigenvalue weighted by molar-refractivity contribution is 9.09. The lowest BCUT2D eigenvalue weighted by molar-refractivity contribution is -0.906. The second-order valence-electron chi connectivity index (χ2n) is 4.25. The lowest BCUT2D eigenvalue weighted by Gasteiger charge is -2.34. The van der Waals surface area contributed by atoms with Crippen molar-refractivity contribution in [3.8, 4) is 0 Å². The summed E-state index contributed by atoms with van der Waals surface area (Å²) in [5, 5.41) is 1.15. The van der Waals surface area contributed by atoms with Gasteiger partial charge in [0.25, 0.3) is 0 Å². The molecule has 1 rings (SSSR count). The molecule has 0 spiro atoms. The van der Waals surface area contributed by atoms with Crippen molar-refractivity contribution in [1.82, 2.24) is 0 Å². The van der Waals surface area contributed by atoms with Crippen molar-refractivity contribution in [3.63, 3.8) is 0 Å². The van der Waals surface area contributed by atoms with Crippen LogP contribution in [0.4, 0.5) is 0 Å². The van der Waals surface area contributed by atoms with E-state index in [-0.39, 0.29) is 0 Å². The van der Waals surface area contributed by atoms with E-state index in [1.807, 2.05) is 0 Å². The van der Waals surface area contributed by atoms with Crippen molar-refractivity contribution in [2.24, 2.45) is 0 Å². The number of hydrogen-bond donors (Lipinski definition) is 0. The first kappa shape index (κ1) is 12.0. The largest absolute Gasteiger partial charge is 0.315 e. The lowest BCUT2D eigenvalue weighted by atomic mass is 10.2. The maximum absolute atomic E-state index is 3.85. The molecule has 78 valence electrons. The third-order valence-corrected chi connectivity index (χ3v) is 5.10. The zero-order chi connectivity index (χ0) is 9.73. The minimum atomic E-state index is 0.689. The van der Waals surface area contributed by atoms with E-state index in [0.29, 0.717) is 4.95 Å². The molecule has 0 amide bonds. The molecular weight excluding hydrogens is 294 g/mol. The second kappa shape index (κ2) is 5.72. The smallest absolute Gasteiger partial charge is 0.144 e. The fourth-order valence-electron chi connectivity index (χ4n) is 2.06. The average molecular weight is 314 g/mol. The molecule has 0 aliphatic carbocycles. The predicted octanol–water partition coefficient (Wildman–Crippen LogP) is 3.51. The van der Waals surface area contributed by atoms with Gasteiger partial charge >= 0.3 is 0 Å². The van der Waals surface area contributed by atoms with Gasteiger partial charge in [-0.2, -0.15) is 0 Å². The Morgan fingerprint density at radius 2 is 1.85 bits per heavy atom. The minimum absolute atomic E-state index is 0.689. The molecule has 1 nitrogen and oxygen atoms in total. The number of halogens is 2. The summed E-state index contributed by atoms with van der Waals surface area (Å²) in [6.07, 6.45) is 6.80. The van der Waals surface area contributed by atoms with Crippen LogP contribution in [0.2, 0.25) is 0 Å². The molecule has 0 aromatic heterocycles. The van der Waals surface area contributed by atoms with Gasteiger partial charge in [0, 0.05) is 24.6 Å². The zero-order valence-corrected chi connectivity index (χ0v) is 11.6. The summed E-state index contributed by atoms with van der Waals surface area (Å²) in [7, 11) is 2.39. The number of rotatable bonds is 5. The maximum atomic E-state index is 3.85. The van der Waals surface area contributed by atoms with Crippen molar-refractivity contribution in [3.05, 3.63) is 0 Å². The Morgan fingerprint density at radius 3 is 2.38 bits per heavy atom. The number of hydrogen-bond acceptors (Lipinski definition) is 0. The molecule has 1 fully saturated rings. The normalized spacial score (nSPS) is 23.3. The SMILES string of the molecule is C[N+]1(C(Br)CCCCBr)CCCC1. The summed E-state index contributed by atoms with van der Waals surface area (Å²) in [6.45, 7) is 2.73. The van der Waals surface area contributed by atoms with E-state index in [1.165, 1.54) is 49.7 Å². The molecule has 1 aliphatic rings. The van der Waals surface area contributed by atoms with Crippen molar-refractivity contribution in [2.75, 3.05) is 25.5 Å². The Kier molecular flexibility index (Phi) is 5.27. The molecule has 1 atom stereocenters. The molecule has 3 heteroatoms. The molecule has 0 radical (unpaired) electrons. The van der Waals surface area contributed by atoms with Gasteiger partial charge in [0.1, 0.15) is 4.95 Å². The number of unbranched alkanes of at least 4 members (excludes halogenated alkanes) is 1. The number of quaternary nitrogens is 1. The van der Waals surface area contributed by atoms with Crippen molar-refractivity contribution in [1.29, 1.82) is 0 Å². The van der Waals surface area contributed by atoms with E-state index in [9.17, 15) is 0 Å². The highest BCUT2D eigenvalue weighted by atomic mass is 79.9. The Labute approximate surface area is 98.7 Å². The molecule has 0 aromatic rings. The quantitative estimate of drug-likeness (QED) is 0.315. The van der Waals surface area contributed by atoms with E-state index in [4.69, 9.17) is 0 Å². The van der Waals surface area contributed by atoms with Crippen molar-refractivity contribution in [2.45, 2.75) is 37.1 Å². The summed E-state index contributed by atoms with van der Waals surface area (Å²) < 4.78 is 1.25. The second-order valence-corrected chi connectivity index (χ2v) is 6.10. The summed E-state index contributed by atoms with van der Waals surface area (Å²) in [5.74, 6) is 0. The highest BCUT2D eigenvalue weighted by Gasteiger charge is 2.33. The minimum Gasteiger partial charge on any atom is -0.315 e. The highest BCUT2D eigenvalue weighted by Crippen LogP contribution is 2.27. The molecule has 1 heterocycles. The Morgan fingerprint density at radius 1 is 1.23 bits per heavy atom. The summed E-state index contributed by atoms with van der Waals surface area (Å²) in [5.41, 5.74) is 0.